The Bertz CT molecular complexity index is 1010. The van der Waals surface area contributed by atoms with E-state index in [2.05, 4.69) is 9.97 Å². The fourth-order valence-corrected chi connectivity index (χ4v) is 2.54. The number of halogens is 1. The summed E-state index contributed by atoms with van der Waals surface area (Å²) in [5, 5.41) is 21.8. The van der Waals surface area contributed by atoms with Crippen molar-refractivity contribution in [1.29, 1.82) is 0 Å². The number of fused-ring (bicyclic) bond motifs is 1. The van der Waals surface area contributed by atoms with Crippen LogP contribution in [0.25, 0.3) is 22.3 Å². The molecule has 0 spiro atoms. The van der Waals surface area contributed by atoms with E-state index in [1.54, 1.807) is 24.3 Å². The molecule has 0 aliphatic carbocycles. The van der Waals surface area contributed by atoms with Gasteiger partial charge >= 0.3 is 5.69 Å². The van der Waals surface area contributed by atoms with E-state index >= 15 is 0 Å². The van der Waals surface area contributed by atoms with Crippen molar-refractivity contribution in [2.24, 2.45) is 0 Å². The summed E-state index contributed by atoms with van der Waals surface area (Å²) in [7, 11) is 0. The predicted octanol–water partition coefficient (Wildman–Crippen LogP) is 3.17. The first-order valence-electron chi connectivity index (χ1n) is 6.56. The molecular weight excluding hydrogens is 322 g/mol. The van der Waals surface area contributed by atoms with Crippen molar-refractivity contribution >= 4 is 28.2 Å². The zero-order valence-corrected chi connectivity index (χ0v) is 12.6. The number of aromatic hydroxyl groups is 1. The second-order valence-corrected chi connectivity index (χ2v) is 5.32. The number of nitro benzene ring substituents is 1. The highest BCUT2D eigenvalue weighted by atomic mass is 35.5. The number of benzene rings is 2. The van der Waals surface area contributed by atoms with Crippen LogP contribution < -0.4 is 5.56 Å². The number of aromatic nitrogens is 2. The summed E-state index contributed by atoms with van der Waals surface area (Å²) in [6, 6.07) is 7.99. The van der Waals surface area contributed by atoms with Crippen LogP contribution in [0.5, 0.6) is 5.75 Å². The van der Waals surface area contributed by atoms with Gasteiger partial charge in [0.25, 0.3) is 5.56 Å². The molecule has 2 aromatic carbocycles. The number of nitro groups is 1. The zero-order valence-electron chi connectivity index (χ0n) is 11.8. The second-order valence-electron chi connectivity index (χ2n) is 4.92. The predicted molar refractivity (Wildman–Crippen MR) is 85.9 cm³/mol. The Morgan fingerprint density at radius 1 is 1.35 bits per heavy atom. The van der Waals surface area contributed by atoms with Crippen molar-refractivity contribution in [3.8, 4) is 17.1 Å². The number of nitrogens with zero attached hydrogens (tertiary/aromatic N) is 2. The molecule has 0 amide bonds. The van der Waals surface area contributed by atoms with Gasteiger partial charge in [-0.25, -0.2) is 4.98 Å². The van der Waals surface area contributed by atoms with Gasteiger partial charge in [0, 0.05) is 5.56 Å². The zero-order chi connectivity index (χ0) is 16.7. The van der Waals surface area contributed by atoms with Crippen LogP contribution in [0.1, 0.15) is 5.56 Å². The minimum atomic E-state index is -0.723. The first-order valence-corrected chi connectivity index (χ1v) is 6.94. The SMILES string of the molecule is Cc1c(Cl)cc(-c2nc3ccccc3c(=O)[nH]2)c(O)c1[N+](=O)[O-]. The summed E-state index contributed by atoms with van der Waals surface area (Å²) in [5.41, 5.74) is -0.381. The Morgan fingerprint density at radius 3 is 2.74 bits per heavy atom. The Labute approximate surface area is 134 Å². The minimum Gasteiger partial charge on any atom is -0.502 e. The molecule has 0 unspecified atom stereocenters. The van der Waals surface area contributed by atoms with Gasteiger partial charge in [-0.05, 0) is 25.1 Å². The van der Waals surface area contributed by atoms with Crippen LogP contribution in [0.4, 0.5) is 5.69 Å². The van der Waals surface area contributed by atoms with Gasteiger partial charge in [-0.1, -0.05) is 23.7 Å². The maximum Gasteiger partial charge on any atom is 0.315 e. The highest BCUT2D eigenvalue weighted by Crippen LogP contribution is 2.41. The quantitative estimate of drug-likeness (QED) is 0.553. The summed E-state index contributed by atoms with van der Waals surface area (Å²) in [6.45, 7) is 1.43. The maximum absolute atomic E-state index is 12.1. The molecule has 2 N–H and O–H groups in total. The summed E-state index contributed by atoms with van der Waals surface area (Å²) >= 11 is 6.01. The summed E-state index contributed by atoms with van der Waals surface area (Å²) in [4.78, 5) is 29.3. The molecular formula is C15H10ClN3O4. The second kappa shape index (κ2) is 5.36. The van der Waals surface area contributed by atoms with Crippen LogP contribution in [-0.4, -0.2) is 20.0 Å². The standard InChI is InChI=1S/C15H10ClN3O4/c1-7-10(16)6-9(13(20)12(7)19(22)23)14-17-11-5-3-2-4-8(11)15(21)18-14/h2-6,20H,1H3,(H,17,18,21). The molecule has 3 aromatic rings. The molecule has 0 fully saturated rings. The van der Waals surface area contributed by atoms with Crippen LogP contribution in [0, 0.1) is 17.0 Å². The molecule has 0 aliphatic heterocycles. The van der Waals surface area contributed by atoms with Crippen LogP contribution in [-0.2, 0) is 0 Å². The van der Waals surface area contributed by atoms with Crippen LogP contribution in [0.2, 0.25) is 5.02 Å². The Kier molecular flexibility index (Phi) is 3.49. The van der Waals surface area contributed by atoms with Crippen molar-refractivity contribution in [1.82, 2.24) is 9.97 Å². The number of rotatable bonds is 2. The number of hydrogen-bond donors (Lipinski definition) is 2. The van der Waals surface area contributed by atoms with Gasteiger partial charge in [-0.3, -0.25) is 14.9 Å². The fraction of sp³-hybridized carbons (Fsp3) is 0.0667. The van der Waals surface area contributed by atoms with Gasteiger partial charge in [-0.15, -0.1) is 0 Å². The fourth-order valence-electron chi connectivity index (χ4n) is 2.34. The lowest BCUT2D eigenvalue weighted by molar-refractivity contribution is -0.386. The number of H-pyrrole nitrogens is 1. The number of phenolic OH excluding ortho intramolecular Hbond substituents is 1. The van der Waals surface area contributed by atoms with Crippen molar-refractivity contribution in [2.75, 3.05) is 0 Å². The third kappa shape index (κ3) is 2.40. The molecule has 7 nitrogen and oxygen atoms in total. The minimum absolute atomic E-state index is 0.00449. The monoisotopic (exact) mass is 331 g/mol. The lowest BCUT2D eigenvalue weighted by Gasteiger charge is -2.09. The third-order valence-corrected chi connectivity index (χ3v) is 3.91. The molecule has 3 rings (SSSR count). The largest absolute Gasteiger partial charge is 0.502 e. The van der Waals surface area contributed by atoms with E-state index in [0.29, 0.717) is 10.9 Å². The van der Waals surface area contributed by atoms with Gasteiger partial charge in [0.1, 0.15) is 5.82 Å². The van der Waals surface area contributed by atoms with Gasteiger partial charge in [0.05, 0.1) is 26.4 Å². The smallest absolute Gasteiger partial charge is 0.315 e. The number of nitrogens with one attached hydrogen (secondary N) is 1. The number of aromatic amines is 1. The van der Waals surface area contributed by atoms with Crippen LogP contribution >= 0.6 is 11.6 Å². The van der Waals surface area contributed by atoms with E-state index < -0.39 is 21.9 Å². The number of para-hydroxylation sites is 1. The molecule has 0 radical (unpaired) electrons. The van der Waals surface area contributed by atoms with Gasteiger partial charge in [0.2, 0.25) is 5.75 Å². The molecule has 0 aliphatic rings. The molecule has 0 atom stereocenters. The van der Waals surface area contributed by atoms with E-state index in [4.69, 9.17) is 11.6 Å². The summed E-state index contributed by atoms with van der Waals surface area (Å²) < 4.78 is 0. The molecule has 0 bridgehead atoms. The molecule has 1 aromatic heterocycles. The third-order valence-electron chi connectivity index (χ3n) is 3.51. The first-order chi connectivity index (χ1) is 10.9. The Morgan fingerprint density at radius 2 is 2.04 bits per heavy atom. The highest BCUT2D eigenvalue weighted by Gasteiger charge is 2.25. The molecule has 8 heteroatoms. The Hall–Kier alpha value is -2.93. The van der Waals surface area contributed by atoms with E-state index in [9.17, 15) is 20.0 Å². The van der Waals surface area contributed by atoms with E-state index in [-0.39, 0.29) is 22.0 Å². The molecule has 1 heterocycles. The maximum atomic E-state index is 12.1. The van der Waals surface area contributed by atoms with Crippen LogP contribution in [0.3, 0.4) is 0 Å². The number of phenols is 1. The van der Waals surface area contributed by atoms with Crippen LogP contribution in [0.15, 0.2) is 35.1 Å². The number of hydrogen-bond acceptors (Lipinski definition) is 5. The molecule has 0 saturated carbocycles. The average Bonchev–Trinajstić information content (AvgIpc) is 2.50. The van der Waals surface area contributed by atoms with E-state index in [1.807, 2.05) is 0 Å². The van der Waals surface area contributed by atoms with Crippen molar-refractivity contribution in [3.63, 3.8) is 0 Å². The average molecular weight is 332 g/mol. The van der Waals surface area contributed by atoms with Gasteiger partial charge in [-0.2, -0.15) is 0 Å². The van der Waals surface area contributed by atoms with Crippen molar-refractivity contribution < 1.29 is 10.0 Å². The van der Waals surface area contributed by atoms with E-state index in [0.717, 1.165) is 0 Å². The molecule has 0 saturated heterocycles. The first kappa shape index (κ1) is 15.0. The van der Waals surface area contributed by atoms with Crippen molar-refractivity contribution in [2.45, 2.75) is 6.92 Å². The molecule has 116 valence electrons. The van der Waals surface area contributed by atoms with E-state index in [1.165, 1.54) is 13.0 Å². The summed E-state index contributed by atoms with van der Waals surface area (Å²) in [5.74, 6) is -0.577. The van der Waals surface area contributed by atoms with Gasteiger partial charge in [0.15, 0.2) is 0 Å². The normalized spacial score (nSPS) is 10.9. The lowest BCUT2D eigenvalue weighted by Crippen LogP contribution is -2.09. The van der Waals surface area contributed by atoms with Crippen molar-refractivity contribution in [3.05, 3.63) is 61.4 Å². The summed E-state index contributed by atoms with van der Waals surface area (Å²) in [6.07, 6.45) is 0. The lowest BCUT2D eigenvalue weighted by atomic mass is 10.1. The molecule has 23 heavy (non-hydrogen) atoms. The Balaban J connectivity index is 2.35. The highest BCUT2D eigenvalue weighted by molar-refractivity contribution is 6.32. The topological polar surface area (TPSA) is 109 Å². The van der Waals surface area contributed by atoms with Gasteiger partial charge < -0.3 is 10.1 Å².